The van der Waals surface area contributed by atoms with Crippen molar-refractivity contribution >= 4 is 5.97 Å². The van der Waals surface area contributed by atoms with Crippen molar-refractivity contribution in [2.45, 2.75) is 25.9 Å². The molecule has 0 spiro atoms. The summed E-state index contributed by atoms with van der Waals surface area (Å²) in [6, 6.07) is 7.58. The van der Waals surface area contributed by atoms with E-state index in [1.54, 1.807) is 13.2 Å². The van der Waals surface area contributed by atoms with Crippen LogP contribution in [0.25, 0.3) is 0 Å². The van der Waals surface area contributed by atoms with Gasteiger partial charge in [0.2, 0.25) is 0 Å². The number of likely N-dealkylation sites (tertiary alicyclic amines) is 1. The van der Waals surface area contributed by atoms with Gasteiger partial charge in [0.15, 0.2) is 0 Å². The second-order valence-electron chi connectivity index (χ2n) is 5.09. The van der Waals surface area contributed by atoms with Crippen LogP contribution in [0.1, 0.15) is 24.5 Å². The molecule has 5 nitrogen and oxygen atoms in total. The van der Waals surface area contributed by atoms with Gasteiger partial charge in [0.25, 0.3) is 0 Å². The van der Waals surface area contributed by atoms with Gasteiger partial charge in [0, 0.05) is 12.6 Å². The molecule has 1 N–H and O–H groups in total. The fourth-order valence-corrected chi connectivity index (χ4v) is 2.72. The lowest BCUT2D eigenvalue weighted by atomic mass is 10.0. The lowest BCUT2D eigenvalue weighted by molar-refractivity contribution is -0.142. The molecule has 0 radical (unpaired) electrons. The highest BCUT2D eigenvalue weighted by molar-refractivity contribution is 5.71. The average molecular weight is 274 g/mol. The van der Waals surface area contributed by atoms with Gasteiger partial charge in [0.1, 0.15) is 11.8 Å². The molecule has 1 heterocycles. The molecule has 2 rings (SSSR count). The average Bonchev–Trinajstić information content (AvgIpc) is 2.80. The van der Waals surface area contributed by atoms with Crippen LogP contribution in [0.2, 0.25) is 0 Å². The quantitative estimate of drug-likeness (QED) is 0.907. The highest BCUT2D eigenvalue weighted by Gasteiger charge is 2.35. The SMILES string of the molecule is COc1cc(CN2CCC(C(=O)O)C2C)ccc1C#N. The van der Waals surface area contributed by atoms with Crippen LogP contribution >= 0.6 is 0 Å². The van der Waals surface area contributed by atoms with Crippen molar-refractivity contribution in [3.05, 3.63) is 29.3 Å². The Balaban J connectivity index is 2.12. The third kappa shape index (κ3) is 2.75. The van der Waals surface area contributed by atoms with Gasteiger partial charge in [0.05, 0.1) is 18.6 Å². The van der Waals surface area contributed by atoms with Gasteiger partial charge >= 0.3 is 5.97 Å². The number of nitriles is 1. The molecule has 0 aliphatic carbocycles. The zero-order chi connectivity index (χ0) is 14.7. The number of carbonyl (C=O) groups is 1. The predicted molar refractivity (Wildman–Crippen MR) is 73.3 cm³/mol. The van der Waals surface area contributed by atoms with Crippen LogP contribution in [-0.2, 0) is 11.3 Å². The maximum atomic E-state index is 11.1. The summed E-state index contributed by atoms with van der Waals surface area (Å²) in [6.45, 7) is 3.40. The highest BCUT2D eigenvalue weighted by Crippen LogP contribution is 2.27. The topological polar surface area (TPSA) is 73.6 Å². The van der Waals surface area contributed by atoms with E-state index in [1.165, 1.54) is 0 Å². The molecule has 2 atom stereocenters. The molecule has 1 aromatic carbocycles. The molecule has 1 fully saturated rings. The number of carboxylic acids is 1. The van der Waals surface area contributed by atoms with Crippen molar-refractivity contribution in [3.63, 3.8) is 0 Å². The summed E-state index contributed by atoms with van der Waals surface area (Å²) in [5.74, 6) is -0.459. The van der Waals surface area contributed by atoms with E-state index in [4.69, 9.17) is 15.1 Å². The zero-order valence-corrected chi connectivity index (χ0v) is 11.7. The summed E-state index contributed by atoms with van der Waals surface area (Å²) >= 11 is 0. The number of nitrogens with zero attached hydrogens (tertiary/aromatic N) is 2. The van der Waals surface area contributed by atoms with Crippen molar-refractivity contribution in [1.82, 2.24) is 4.90 Å². The Morgan fingerprint density at radius 3 is 2.90 bits per heavy atom. The molecule has 1 saturated heterocycles. The number of carboxylic acid groups (broad SMARTS) is 1. The van der Waals surface area contributed by atoms with E-state index in [1.807, 2.05) is 19.1 Å². The van der Waals surface area contributed by atoms with Gasteiger partial charge in [-0.25, -0.2) is 0 Å². The standard InChI is InChI=1S/C15H18N2O3/c1-10-13(15(18)19)5-6-17(10)9-11-3-4-12(8-16)14(7-11)20-2/h3-4,7,10,13H,5-6,9H2,1-2H3,(H,18,19). The number of hydrogen-bond donors (Lipinski definition) is 1. The Kier molecular flexibility index (Phi) is 4.26. The van der Waals surface area contributed by atoms with Gasteiger partial charge in [-0.15, -0.1) is 0 Å². The summed E-state index contributed by atoms with van der Waals surface area (Å²) in [6.07, 6.45) is 0.684. The molecule has 0 bridgehead atoms. The van der Waals surface area contributed by atoms with Crippen LogP contribution in [-0.4, -0.2) is 35.7 Å². The van der Waals surface area contributed by atoms with Crippen LogP contribution in [0.5, 0.6) is 5.75 Å². The summed E-state index contributed by atoms with van der Waals surface area (Å²) in [7, 11) is 1.54. The molecule has 5 heteroatoms. The van der Waals surface area contributed by atoms with E-state index in [0.29, 0.717) is 24.3 Å². The molecule has 0 aromatic heterocycles. The first-order chi connectivity index (χ1) is 9.56. The van der Waals surface area contributed by atoms with Gasteiger partial charge in [-0.2, -0.15) is 5.26 Å². The third-order valence-corrected chi connectivity index (χ3v) is 3.97. The van der Waals surface area contributed by atoms with Gasteiger partial charge in [-0.3, -0.25) is 9.69 Å². The Labute approximate surface area is 118 Å². The molecule has 0 amide bonds. The molecule has 2 unspecified atom stereocenters. The maximum absolute atomic E-state index is 11.1. The van der Waals surface area contributed by atoms with Crippen molar-refractivity contribution in [2.24, 2.45) is 5.92 Å². The normalized spacial score (nSPS) is 22.4. The first kappa shape index (κ1) is 14.4. The Morgan fingerprint density at radius 1 is 1.60 bits per heavy atom. The second-order valence-corrected chi connectivity index (χ2v) is 5.09. The summed E-state index contributed by atoms with van der Waals surface area (Å²) in [5.41, 5.74) is 1.54. The lowest BCUT2D eigenvalue weighted by Gasteiger charge is -2.23. The number of rotatable bonds is 4. The molecule has 1 aromatic rings. The van der Waals surface area contributed by atoms with Crippen molar-refractivity contribution in [2.75, 3.05) is 13.7 Å². The molecule has 106 valence electrons. The highest BCUT2D eigenvalue weighted by atomic mass is 16.5. The largest absolute Gasteiger partial charge is 0.495 e. The molecule has 20 heavy (non-hydrogen) atoms. The van der Waals surface area contributed by atoms with Crippen molar-refractivity contribution in [1.29, 1.82) is 5.26 Å². The molecular formula is C15H18N2O3. The zero-order valence-electron chi connectivity index (χ0n) is 11.7. The van der Waals surface area contributed by atoms with E-state index in [2.05, 4.69) is 11.0 Å². The van der Waals surface area contributed by atoms with E-state index in [0.717, 1.165) is 12.1 Å². The van der Waals surface area contributed by atoms with E-state index in [9.17, 15) is 4.79 Å². The molecule has 0 saturated carbocycles. The van der Waals surface area contributed by atoms with Gasteiger partial charge < -0.3 is 9.84 Å². The smallest absolute Gasteiger partial charge is 0.308 e. The van der Waals surface area contributed by atoms with Crippen LogP contribution in [0.4, 0.5) is 0 Å². The van der Waals surface area contributed by atoms with Gasteiger partial charge in [-0.1, -0.05) is 6.07 Å². The predicted octanol–water partition coefficient (Wildman–Crippen LogP) is 1.86. The third-order valence-electron chi connectivity index (χ3n) is 3.97. The molecule has 1 aliphatic rings. The first-order valence-electron chi connectivity index (χ1n) is 6.60. The summed E-state index contributed by atoms with van der Waals surface area (Å²) in [4.78, 5) is 13.3. The maximum Gasteiger partial charge on any atom is 0.308 e. The first-order valence-corrected chi connectivity index (χ1v) is 6.60. The van der Waals surface area contributed by atoms with E-state index < -0.39 is 5.97 Å². The minimum absolute atomic E-state index is 0.0224. The fourth-order valence-electron chi connectivity index (χ4n) is 2.72. The van der Waals surface area contributed by atoms with Crippen molar-refractivity contribution in [3.8, 4) is 11.8 Å². The number of ether oxygens (including phenoxy) is 1. The minimum Gasteiger partial charge on any atom is -0.495 e. The summed E-state index contributed by atoms with van der Waals surface area (Å²) in [5, 5.41) is 18.1. The Hall–Kier alpha value is -2.06. The number of benzene rings is 1. The molecule has 1 aliphatic heterocycles. The van der Waals surface area contributed by atoms with Crippen LogP contribution in [0.3, 0.4) is 0 Å². The van der Waals surface area contributed by atoms with E-state index >= 15 is 0 Å². The summed E-state index contributed by atoms with van der Waals surface area (Å²) < 4.78 is 5.19. The lowest BCUT2D eigenvalue weighted by Crippen LogP contribution is -2.32. The monoisotopic (exact) mass is 274 g/mol. The number of aliphatic carboxylic acids is 1. The van der Waals surface area contributed by atoms with Crippen LogP contribution < -0.4 is 4.74 Å². The Bertz CT molecular complexity index is 551. The Morgan fingerprint density at radius 2 is 2.35 bits per heavy atom. The fraction of sp³-hybridized carbons (Fsp3) is 0.467. The van der Waals surface area contributed by atoms with E-state index in [-0.39, 0.29) is 12.0 Å². The van der Waals surface area contributed by atoms with Gasteiger partial charge in [-0.05, 0) is 37.6 Å². The number of hydrogen-bond acceptors (Lipinski definition) is 4. The molecular weight excluding hydrogens is 256 g/mol. The van der Waals surface area contributed by atoms with Crippen molar-refractivity contribution < 1.29 is 14.6 Å². The van der Waals surface area contributed by atoms with Crippen LogP contribution in [0.15, 0.2) is 18.2 Å². The van der Waals surface area contributed by atoms with Crippen LogP contribution in [0, 0.1) is 17.2 Å². The minimum atomic E-state index is -0.725. The number of methoxy groups -OCH3 is 1. The second kappa shape index (κ2) is 5.93.